The van der Waals surface area contributed by atoms with Gasteiger partial charge in [-0.3, -0.25) is 5.32 Å². The molecule has 2 heterocycles. The lowest BCUT2D eigenvalue weighted by molar-refractivity contribution is 0.186. The molecule has 2 aromatic heterocycles. The van der Waals surface area contributed by atoms with E-state index in [-0.39, 0.29) is 5.95 Å². The standard InChI is InChI=1S/C11H13N5O2S/c1-3-4-5-19-10-12-6-7-8(15-10)14-9(13-7)16-11(17)18-2/h3-4,6H,5H2,1-2H3,(H2,12,13,14,15,16,17)/b4-3+. The number of hydrogen-bond acceptors (Lipinski definition) is 6. The second kappa shape index (κ2) is 6.19. The third-order valence-electron chi connectivity index (χ3n) is 2.17. The van der Waals surface area contributed by atoms with E-state index in [9.17, 15) is 4.79 Å². The second-order valence-electron chi connectivity index (χ2n) is 3.47. The number of aromatic amines is 1. The number of nitrogens with one attached hydrogen (secondary N) is 2. The van der Waals surface area contributed by atoms with Crippen LogP contribution in [0.5, 0.6) is 0 Å². The van der Waals surface area contributed by atoms with Gasteiger partial charge in [-0.25, -0.2) is 14.8 Å². The average Bonchev–Trinajstić information content (AvgIpc) is 2.80. The number of methoxy groups -OCH3 is 1. The first-order valence-corrected chi connectivity index (χ1v) is 6.53. The molecule has 0 radical (unpaired) electrons. The summed E-state index contributed by atoms with van der Waals surface area (Å²) in [5.74, 6) is 1.09. The van der Waals surface area contributed by atoms with E-state index >= 15 is 0 Å². The fourth-order valence-corrected chi connectivity index (χ4v) is 2.00. The van der Waals surface area contributed by atoms with Gasteiger partial charge in [0.05, 0.1) is 13.3 Å². The smallest absolute Gasteiger partial charge is 0.413 e. The van der Waals surface area contributed by atoms with Gasteiger partial charge >= 0.3 is 6.09 Å². The SMILES string of the molecule is C/C=C/CSc1ncc2[nH]c(NC(=O)OC)nc2n1. The number of imidazole rings is 1. The van der Waals surface area contributed by atoms with Gasteiger partial charge in [0.15, 0.2) is 10.8 Å². The number of aromatic nitrogens is 4. The zero-order chi connectivity index (χ0) is 13.7. The maximum atomic E-state index is 11.1. The Balaban J connectivity index is 2.16. The van der Waals surface area contributed by atoms with Gasteiger partial charge in [0.1, 0.15) is 5.52 Å². The van der Waals surface area contributed by atoms with Crippen molar-refractivity contribution in [2.45, 2.75) is 12.1 Å². The minimum atomic E-state index is -0.588. The summed E-state index contributed by atoms with van der Waals surface area (Å²) in [6.45, 7) is 1.96. The van der Waals surface area contributed by atoms with Gasteiger partial charge in [-0.15, -0.1) is 0 Å². The summed E-state index contributed by atoms with van der Waals surface area (Å²) in [6.07, 6.45) is 5.04. The fourth-order valence-electron chi connectivity index (χ4n) is 1.29. The Labute approximate surface area is 113 Å². The minimum Gasteiger partial charge on any atom is -0.453 e. The van der Waals surface area contributed by atoms with E-state index in [4.69, 9.17) is 0 Å². The largest absolute Gasteiger partial charge is 0.453 e. The Bertz CT molecular complexity index is 610. The van der Waals surface area contributed by atoms with E-state index in [1.165, 1.54) is 18.9 Å². The molecule has 0 aromatic carbocycles. The molecule has 0 bridgehead atoms. The van der Waals surface area contributed by atoms with E-state index in [0.29, 0.717) is 16.3 Å². The number of fused-ring (bicyclic) bond motifs is 1. The molecule has 1 amide bonds. The van der Waals surface area contributed by atoms with Crippen molar-refractivity contribution in [2.24, 2.45) is 0 Å². The number of anilines is 1. The monoisotopic (exact) mass is 279 g/mol. The van der Waals surface area contributed by atoms with E-state index in [0.717, 1.165) is 5.75 Å². The Morgan fingerprint density at radius 2 is 2.42 bits per heavy atom. The Morgan fingerprint density at radius 3 is 3.16 bits per heavy atom. The van der Waals surface area contributed by atoms with Crippen molar-refractivity contribution in [1.82, 2.24) is 19.9 Å². The molecule has 7 nitrogen and oxygen atoms in total. The number of ether oxygens (including phenoxy) is 1. The van der Waals surface area contributed by atoms with Crippen molar-refractivity contribution in [3.63, 3.8) is 0 Å². The first kappa shape index (κ1) is 13.3. The molecular formula is C11H13N5O2S. The number of H-pyrrole nitrogens is 1. The van der Waals surface area contributed by atoms with Crippen LogP contribution in [0.2, 0.25) is 0 Å². The van der Waals surface area contributed by atoms with Crippen LogP contribution in [0, 0.1) is 0 Å². The molecule has 8 heteroatoms. The molecule has 0 aliphatic rings. The van der Waals surface area contributed by atoms with Crippen LogP contribution in [0.1, 0.15) is 6.92 Å². The van der Waals surface area contributed by atoms with E-state index in [2.05, 4.69) is 30.0 Å². The van der Waals surface area contributed by atoms with Crippen molar-refractivity contribution in [3.8, 4) is 0 Å². The number of thioether (sulfide) groups is 1. The minimum absolute atomic E-state index is 0.284. The molecule has 0 saturated carbocycles. The van der Waals surface area contributed by atoms with Crippen LogP contribution in [-0.4, -0.2) is 38.9 Å². The topological polar surface area (TPSA) is 92.8 Å². The van der Waals surface area contributed by atoms with Crippen LogP contribution in [0.25, 0.3) is 11.2 Å². The quantitative estimate of drug-likeness (QED) is 0.506. The number of hydrogen-bond donors (Lipinski definition) is 2. The molecule has 19 heavy (non-hydrogen) atoms. The van der Waals surface area contributed by atoms with E-state index in [1.807, 2.05) is 19.1 Å². The molecule has 0 spiro atoms. The summed E-state index contributed by atoms with van der Waals surface area (Å²) >= 11 is 1.51. The van der Waals surface area contributed by atoms with Crippen molar-refractivity contribution in [2.75, 3.05) is 18.2 Å². The zero-order valence-electron chi connectivity index (χ0n) is 10.5. The third-order valence-corrected chi connectivity index (χ3v) is 2.98. The van der Waals surface area contributed by atoms with Crippen molar-refractivity contribution < 1.29 is 9.53 Å². The zero-order valence-corrected chi connectivity index (χ0v) is 11.3. The summed E-state index contributed by atoms with van der Waals surface area (Å²) < 4.78 is 4.48. The fraction of sp³-hybridized carbons (Fsp3) is 0.273. The summed E-state index contributed by atoms with van der Waals surface area (Å²) in [4.78, 5) is 26.6. The van der Waals surface area contributed by atoms with Gasteiger partial charge < -0.3 is 9.72 Å². The lowest BCUT2D eigenvalue weighted by Gasteiger charge is -1.96. The van der Waals surface area contributed by atoms with Gasteiger partial charge in [-0.2, -0.15) is 4.98 Å². The molecule has 100 valence electrons. The van der Waals surface area contributed by atoms with E-state index < -0.39 is 6.09 Å². The molecule has 0 unspecified atom stereocenters. The maximum Gasteiger partial charge on any atom is 0.413 e. The molecule has 2 rings (SSSR count). The number of carbonyl (C=O) groups is 1. The van der Waals surface area contributed by atoms with E-state index in [1.54, 1.807) is 6.20 Å². The predicted octanol–water partition coefficient (Wildman–Crippen LogP) is 2.20. The molecule has 0 aliphatic carbocycles. The Hall–Kier alpha value is -2.09. The van der Waals surface area contributed by atoms with Gasteiger partial charge in [0.25, 0.3) is 0 Å². The van der Waals surface area contributed by atoms with Crippen LogP contribution in [0.15, 0.2) is 23.5 Å². The molecule has 0 fully saturated rings. The number of rotatable bonds is 4. The average molecular weight is 279 g/mol. The van der Waals surface area contributed by atoms with Crippen LogP contribution >= 0.6 is 11.8 Å². The Morgan fingerprint density at radius 1 is 1.58 bits per heavy atom. The Kier molecular flexibility index (Phi) is 4.35. The van der Waals surface area contributed by atoms with Crippen molar-refractivity contribution in [3.05, 3.63) is 18.3 Å². The molecule has 0 aliphatic heterocycles. The lowest BCUT2D eigenvalue weighted by Crippen LogP contribution is -2.11. The summed E-state index contributed by atoms with van der Waals surface area (Å²) in [5.41, 5.74) is 1.16. The molecule has 0 atom stereocenters. The summed E-state index contributed by atoms with van der Waals surface area (Å²) in [5, 5.41) is 3.08. The highest BCUT2D eigenvalue weighted by atomic mass is 32.2. The number of carbonyl (C=O) groups excluding carboxylic acids is 1. The molecular weight excluding hydrogens is 266 g/mol. The molecule has 2 N–H and O–H groups in total. The van der Waals surface area contributed by atoms with Gasteiger partial charge in [-0.05, 0) is 6.92 Å². The van der Waals surface area contributed by atoms with Gasteiger partial charge in [0, 0.05) is 5.75 Å². The van der Waals surface area contributed by atoms with Crippen molar-refractivity contribution in [1.29, 1.82) is 0 Å². The predicted molar refractivity (Wildman–Crippen MR) is 73.2 cm³/mol. The highest BCUT2D eigenvalue weighted by molar-refractivity contribution is 7.99. The highest BCUT2D eigenvalue weighted by Gasteiger charge is 2.08. The maximum absolute atomic E-state index is 11.1. The number of allylic oxidation sites excluding steroid dienone is 1. The first-order chi connectivity index (χ1) is 9.22. The molecule has 2 aromatic rings. The highest BCUT2D eigenvalue weighted by Crippen LogP contribution is 2.17. The van der Waals surface area contributed by atoms with Crippen LogP contribution in [0.3, 0.4) is 0 Å². The number of amides is 1. The van der Waals surface area contributed by atoms with Crippen LogP contribution < -0.4 is 5.32 Å². The normalized spacial score (nSPS) is 11.1. The van der Waals surface area contributed by atoms with Crippen molar-refractivity contribution >= 4 is 35.0 Å². The molecule has 0 saturated heterocycles. The first-order valence-electron chi connectivity index (χ1n) is 5.54. The number of nitrogens with zero attached hydrogens (tertiary/aromatic N) is 3. The van der Waals surface area contributed by atoms with Crippen LogP contribution in [-0.2, 0) is 4.74 Å². The summed E-state index contributed by atoms with van der Waals surface area (Å²) in [6, 6.07) is 0. The second-order valence-corrected chi connectivity index (χ2v) is 4.46. The lowest BCUT2D eigenvalue weighted by atomic mass is 10.6. The van der Waals surface area contributed by atoms with Crippen LogP contribution in [0.4, 0.5) is 10.7 Å². The third kappa shape index (κ3) is 3.44. The van der Waals surface area contributed by atoms with Gasteiger partial charge in [-0.1, -0.05) is 23.9 Å². The van der Waals surface area contributed by atoms with Gasteiger partial charge in [0.2, 0.25) is 5.95 Å². The summed E-state index contributed by atoms with van der Waals surface area (Å²) in [7, 11) is 1.29.